The fraction of sp³-hybridized carbons (Fsp3) is 0.286. The van der Waals surface area contributed by atoms with Crippen molar-refractivity contribution in [3.8, 4) is 11.1 Å². The van der Waals surface area contributed by atoms with Crippen LogP contribution in [-0.4, -0.2) is 36.4 Å². The molecule has 4 heterocycles. The van der Waals surface area contributed by atoms with Crippen LogP contribution in [0.4, 0.5) is 18.9 Å². The van der Waals surface area contributed by atoms with Crippen LogP contribution in [0.15, 0.2) is 18.5 Å². The van der Waals surface area contributed by atoms with E-state index in [-0.39, 0.29) is 39.3 Å². The molecule has 3 N–H and O–H groups in total. The highest BCUT2D eigenvalue weighted by Crippen LogP contribution is 2.44. The molecule has 4 aromatic rings. The molecule has 0 aliphatic rings. The Morgan fingerprint density at radius 3 is 2.51 bits per heavy atom. The Morgan fingerprint density at radius 1 is 1.26 bits per heavy atom. The van der Waals surface area contributed by atoms with Crippen molar-refractivity contribution in [2.24, 2.45) is 12.8 Å². The van der Waals surface area contributed by atoms with Gasteiger partial charge < -0.3 is 11.1 Å². The Balaban J connectivity index is 1.82. The quantitative estimate of drug-likeness (QED) is 0.388. The van der Waals surface area contributed by atoms with Gasteiger partial charge in [-0.25, -0.2) is 4.98 Å². The van der Waals surface area contributed by atoms with Crippen LogP contribution in [0.3, 0.4) is 0 Å². The molecule has 0 aliphatic heterocycles. The number of pyridine rings is 1. The number of amides is 2. The minimum absolute atomic E-state index is 0.0108. The van der Waals surface area contributed by atoms with Gasteiger partial charge in [0.05, 0.1) is 22.6 Å². The lowest BCUT2D eigenvalue weighted by Crippen LogP contribution is -2.18. The molecule has 0 bridgehead atoms. The van der Waals surface area contributed by atoms with E-state index in [1.165, 1.54) is 15.6 Å². The molecule has 14 heteroatoms. The number of nitrogens with zero attached hydrogens (tertiary/aromatic N) is 5. The summed E-state index contributed by atoms with van der Waals surface area (Å²) >= 11 is 6.67. The van der Waals surface area contributed by atoms with Crippen molar-refractivity contribution >= 4 is 50.7 Å². The minimum Gasteiger partial charge on any atom is -0.365 e. The van der Waals surface area contributed by atoms with E-state index >= 15 is 0 Å². The minimum atomic E-state index is -4.73. The number of hydrogen-bond donors (Lipinski definition) is 2. The standard InChI is InChI=1S/C21H19ClF3N7O2S/c1-9-13(22)8-32(30-9)5-4-15(33)29-17-16-11(12-7-27-31(3)10(12)2)6-14(21(23,24)25)28-20(16)35-18(17)19(26)34/h6-8H,4-5H2,1-3H3,(H2,26,34)(H,29,33). The SMILES string of the molecule is Cc1nn(CCC(=O)Nc2c(C(N)=O)sc3nc(C(F)(F)F)cc(-c4cnn(C)c4C)c23)cc1Cl. The topological polar surface area (TPSA) is 121 Å². The van der Waals surface area contributed by atoms with Crippen LogP contribution in [0, 0.1) is 13.8 Å². The average Bonchev–Trinajstić information content (AvgIpc) is 3.41. The molecule has 0 spiro atoms. The van der Waals surface area contributed by atoms with Gasteiger partial charge >= 0.3 is 6.18 Å². The van der Waals surface area contributed by atoms with Gasteiger partial charge in [-0.2, -0.15) is 23.4 Å². The number of halogens is 4. The molecule has 0 aromatic carbocycles. The first-order valence-corrected chi connectivity index (χ1v) is 11.4. The number of fused-ring (bicyclic) bond motifs is 1. The van der Waals surface area contributed by atoms with Crippen LogP contribution in [0.1, 0.15) is 33.2 Å². The van der Waals surface area contributed by atoms with Gasteiger partial charge in [0.1, 0.15) is 15.4 Å². The molecule has 2 amide bonds. The molecular weight excluding hydrogens is 507 g/mol. The Kier molecular flexibility index (Phi) is 6.32. The second-order valence-corrected chi connectivity index (χ2v) is 9.20. The van der Waals surface area contributed by atoms with Crippen molar-refractivity contribution in [3.05, 3.63) is 45.4 Å². The van der Waals surface area contributed by atoms with E-state index in [0.29, 0.717) is 33.3 Å². The Bertz CT molecular complexity index is 1450. The highest BCUT2D eigenvalue weighted by atomic mass is 35.5. The third kappa shape index (κ3) is 4.73. The molecule has 0 unspecified atom stereocenters. The number of carbonyl (C=O) groups is 2. The zero-order valence-electron chi connectivity index (χ0n) is 18.7. The van der Waals surface area contributed by atoms with Crippen LogP contribution in [0.2, 0.25) is 5.02 Å². The molecule has 4 rings (SSSR count). The molecule has 0 fully saturated rings. The Hall–Kier alpha value is -3.45. The molecule has 0 aliphatic carbocycles. The van der Waals surface area contributed by atoms with Gasteiger partial charge in [-0.3, -0.25) is 19.0 Å². The van der Waals surface area contributed by atoms with Crippen molar-refractivity contribution in [2.75, 3.05) is 5.32 Å². The fourth-order valence-corrected chi connectivity index (χ4v) is 4.70. The Morgan fingerprint density at radius 2 is 1.97 bits per heavy atom. The number of hydrogen-bond acceptors (Lipinski definition) is 6. The number of carbonyl (C=O) groups excluding carboxylic acids is 2. The van der Waals surface area contributed by atoms with Crippen molar-refractivity contribution in [1.82, 2.24) is 24.5 Å². The van der Waals surface area contributed by atoms with Gasteiger partial charge in [0.15, 0.2) is 0 Å². The maximum atomic E-state index is 13.6. The number of anilines is 1. The molecule has 0 atom stereocenters. The summed E-state index contributed by atoms with van der Waals surface area (Å²) in [6, 6.07) is 0.883. The highest BCUT2D eigenvalue weighted by Gasteiger charge is 2.35. The molecule has 0 saturated heterocycles. The Labute approximate surface area is 205 Å². The molecular formula is C21H19ClF3N7O2S. The highest BCUT2D eigenvalue weighted by molar-refractivity contribution is 7.21. The first kappa shape index (κ1) is 24.7. The van der Waals surface area contributed by atoms with Crippen LogP contribution in [0.5, 0.6) is 0 Å². The first-order chi connectivity index (χ1) is 16.4. The zero-order valence-corrected chi connectivity index (χ0v) is 20.3. The number of nitrogens with two attached hydrogens (primary N) is 1. The van der Waals surface area contributed by atoms with Gasteiger partial charge in [0, 0.05) is 42.9 Å². The van der Waals surface area contributed by atoms with Gasteiger partial charge in [-0.1, -0.05) is 11.6 Å². The largest absolute Gasteiger partial charge is 0.433 e. The van der Waals surface area contributed by atoms with E-state index in [9.17, 15) is 22.8 Å². The average molecular weight is 526 g/mol. The molecule has 35 heavy (non-hydrogen) atoms. The molecule has 9 nitrogen and oxygen atoms in total. The lowest BCUT2D eigenvalue weighted by molar-refractivity contribution is -0.140. The van der Waals surface area contributed by atoms with Gasteiger partial charge in [0.25, 0.3) is 5.91 Å². The summed E-state index contributed by atoms with van der Waals surface area (Å²) in [4.78, 5) is 28.5. The number of primary amides is 1. The summed E-state index contributed by atoms with van der Waals surface area (Å²) < 4.78 is 43.9. The van der Waals surface area contributed by atoms with E-state index in [1.807, 2.05) is 0 Å². The predicted octanol–water partition coefficient (Wildman–Crippen LogP) is 4.31. The maximum Gasteiger partial charge on any atom is 0.433 e. The summed E-state index contributed by atoms with van der Waals surface area (Å²) in [5.74, 6) is -1.40. The van der Waals surface area contributed by atoms with E-state index in [2.05, 4.69) is 20.5 Å². The number of rotatable bonds is 6. The third-order valence-electron chi connectivity index (χ3n) is 5.42. The number of aromatic nitrogens is 5. The summed E-state index contributed by atoms with van der Waals surface area (Å²) in [6.45, 7) is 3.61. The smallest absolute Gasteiger partial charge is 0.365 e. The second-order valence-electron chi connectivity index (χ2n) is 7.79. The van der Waals surface area contributed by atoms with Crippen LogP contribution in [0.25, 0.3) is 21.3 Å². The summed E-state index contributed by atoms with van der Waals surface area (Å²) in [5.41, 5.74) is 6.10. The predicted molar refractivity (Wildman–Crippen MR) is 125 cm³/mol. The van der Waals surface area contributed by atoms with Gasteiger partial charge in [0.2, 0.25) is 5.91 Å². The number of aryl methyl sites for hydroxylation is 3. The fourth-order valence-electron chi connectivity index (χ4n) is 3.54. The van der Waals surface area contributed by atoms with Crippen LogP contribution in [-0.2, 0) is 24.6 Å². The van der Waals surface area contributed by atoms with Crippen molar-refractivity contribution in [2.45, 2.75) is 33.0 Å². The number of alkyl halides is 3. The summed E-state index contributed by atoms with van der Waals surface area (Å²) in [6.07, 6.45) is -1.78. The van der Waals surface area contributed by atoms with E-state index in [4.69, 9.17) is 17.3 Å². The second kappa shape index (κ2) is 8.96. The monoisotopic (exact) mass is 525 g/mol. The van der Waals surface area contributed by atoms with Gasteiger partial charge in [-0.15, -0.1) is 11.3 Å². The lowest BCUT2D eigenvalue weighted by Gasteiger charge is -2.12. The zero-order chi connectivity index (χ0) is 25.7. The third-order valence-corrected chi connectivity index (χ3v) is 6.89. The number of thiophene rings is 1. The van der Waals surface area contributed by atoms with Gasteiger partial charge in [-0.05, 0) is 25.5 Å². The van der Waals surface area contributed by atoms with E-state index < -0.39 is 23.7 Å². The van der Waals surface area contributed by atoms with Crippen LogP contribution < -0.4 is 11.1 Å². The molecule has 184 valence electrons. The van der Waals surface area contributed by atoms with E-state index in [0.717, 1.165) is 6.07 Å². The molecule has 0 saturated carbocycles. The van der Waals surface area contributed by atoms with Crippen molar-refractivity contribution in [3.63, 3.8) is 0 Å². The van der Waals surface area contributed by atoms with E-state index in [1.54, 1.807) is 27.1 Å². The van der Waals surface area contributed by atoms with Crippen molar-refractivity contribution < 1.29 is 22.8 Å². The summed E-state index contributed by atoms with van der Waals surface area (Å²) in [5, 5.41) is 11.6. The normalized spacial score (nSPS) is 11.9. The first-order valence-electron chi connectivity index (χ1n) is 10.2. The molecule has 4 aromatic heterocycles. The molecule has 0 radical (unpaired) electrons. The maximum absolute atomic E-state index is 13.6. The number of nitrogens with one attached hydrogen (secondary N) is 1. The van der Waals surface area contributed by atoms with Crippen molar-refractivity contribution in [1.29, 1.82) is 0 Å². The summed E-state index contributed by atoms with van der Waals surface area (Å²) in [7, 11) is 1.65. The lowest BCUT2D eigenvalue weighted by atomic mass is 10.0. The van der Waals surface area contributed by atoms with Crippen LogP contribution >= 0.6 is 22.9 Å².